The van der Waals surface area contributed by atoms with Gasteiger partial charge in [0.05, 0.1) is 0 Å². The molecule has 2 saturated heterocycles. The minimum absolute atomic E-state index is 0. The van der Waals surface area contributed by atoms with Crippen LogP contribution in [0, 0.1) is 11.8 Å². The largest absolute Gasteiger partial charge is 0.342 e. The van der Waals surface area contributed by atoms with Crippen molar-refractivity contribution in [2.45, 2.75) is 39.2 Å². The van der Waals surface area contributed by atoms with Crippen LogP contribution in [0.25, 0.3) is 0 Å². The second-order valence-electron chi connectivity index (χ2n) is 4.99. The van der Waals surface area contributed by atoms with Crippen LogP contribution in [0.5, 0.6) is 0 Å². The molecule has 2 aliphatic rings. The number of nitrogens with one attached hydrogen (secondary N) is 1. The van der Waals surface area contributed by atoms with E-state index in [1.807, 2.05) is 6.92 Å². The third-order valence-electron chi connectivity index (χ3n) is 4.00. The van der Waals surface area contributed by atoms with Crippen LogP contribution in [0.2, 0.25) is 0 Å². The normalized spacial score (nSPS) is 30.5. The molecule has 16 heavy (non-hydrogen) atoms. The van der Waals surface area contributed by atoms with Gasteiger partial charge in [-0.2, -0.15) is 0 Å². The van der Waals surface area contributed by atoms with Gasteiger partial charge in [0, 0.05) is 25.0 Å². The molecular formula is C12H23ClN2O. The Bertz CT molecular complexity index is 247. The van der Waals surface area contributed by atoms with Crippen LogP contribution in [0.1, 0.15) is 33.1 Å². The summed E-state index contributed by atoms with van der Waals surface area (Å²) < 4.78 is 0. The molecule has 2 fully saturated rings. The molecule has 2 rings (SSSR count). The Balaban J connectivity index is 0.00000128. The van der Waals surface area contributed by atoms with Gasteiger partial charge in [-0.25, -0.2) is 0 Å². The number of hydrogen-bond acceptors (Lipinski definition) is 2. The van der Waals surface area contributed by atoms with Crippen LogP contribution >= 0.6 is 12.4 Å². The van der Waals surface area contributed by atoms with Crippen LogP contribution < -0.4 is 5.32 Å². The molecule has 3 nitrogen and oxygen atoms in total. The van der Waals surface area contributed by atoms with Crippen molar-refractivity contribution in [2.24, 2.45) is 11.8 Å². The molecule has 1 amide bonds. The predicted molar refractivity (Wildman–Crippen MR) is 67.8 cm³/mol. The van der Waals surface area contributed by atoms with Gasteiger partial charge in [0.25, 0.3) is 0 Å². The topological polar surface area (TPSA) is 32.3 Å². The van der Waals surface area contributed by atoms with E-state index in [0.29, 0.717) is 17.9 Å². The first-order valence-corrected chi connectivity index (χ1v) is 6.24. The van der Waals surface area contributed by atoms with Gasteiger partial charge in [0.2, 0.25) is 5.91 Å². The van der Waals surface area contributed by atoms with Gasteiger partial charge in [-0.05, 0) is 31.7 Å². The van der Waals surface area contributed by atoms with E-state index in [0.717, 1.165) is 32.5 Å². The number of piperidine rings is 1. The number of amides is 1. The maximum absolute atomic E-state index is 12.0. The van der Waals surface area contributed by atoms with Gasteiger partial charge in [0.1, 0.15) is 0 Å². The zero-order valence-corrected chi connectivity index (χ0v) is 11.1. The molecule has 94 valence electrons. The first-order valence-electron chi connectivity index (χ1n) is 6.24. The van der Waals surface area contributed by atoms with E-state index in [1.165, 1.54) is 6.42 Å². The number of hydrogen-bond donors (Lipinski definition) is 1. The number of rotatable bonds is 2. The number of nitrogens with zero attached hydrogens (tertiary/aromatic N) is 1. The Labute approximate surface area is 104 Å². The lowest BCUT2D eigenvalue weighted by Crippen LogP contribution is -2.48. The monoisotopic (exact) mass is 246 g/mol. The Kier molecular flexibility index (Phi) is 5.06. The maximum atomic E-state index is 12.0. The number of carbonyl (C=O) groups is 1. The quantitative estimate of drug-likeness (QED) is 0.804. The summed E-state index contributed by atoms with van der Waals surface area (Å²) in [5.74, 6) is 1.28. The first-order chi connectivity index (χ1) is 7.22. The van der Waals surface area contributed by atoms with Crippen LogP contribution in [0.15, 0.2) is 0 Å². The fourth-order valence-electron chi connectivity index (χ4n) is 2.73. The fraction of sp³-hybridized carbons (Fsp3) is 0.917. The van der Waals surface area contributed by atoms with E-state index in [4.69, 9.17) is 0 Å². The maximum Gasteiger partial charge on any atom is 0.225 e. The van der Waals surface area contributed by atoms with Crippen LogP contribution in [0.4, 0.5) is 0 Å². The van der Waals surface area contributed by atoms with E-state index < -0.39 is 0 Å². The molecule has 0 spiro atoms. The minimum atomic E-state index is 0. The second kappa shape index (κ2) is 5.87. The summed E-state index contributed by atoms with van der Waals surface area (Å²) in [5, 5.41) is 3.52. The van der Waals surface area contributed by atoms with Crippen LogP contribution in [-0.2, 0) is 4.79 Å². The molecule has 0 radical (unpaired) electrons. The summed E-state index contributed by atoms with van der Waals surface area (Å²) in [6.45, 7) is 7.21. The van der Waals surface area contributed by atoms with Gasteiger partial charge in [-0.15, -0.1) is 12.4 Å². The van der Waals surface area contributed by atoms with Crippen molar-refractivity contribution < 1.29 is 4.79 Å². The lowest BCUT2D eigenvalue weighted by Gasteiger charge is -2.36. The van der Waals surface area contributed by atoms with Gasteiger partial charge in [-0.1, -0.05) is 13.8 Å². The SMILES string of the molecule is CCC(C)C(=O)N1CCC2NCCC2C1.Cl. The molecule has 0 saturated carbocycles. The number of fused-ring (bicyclic) bond motifs is 1. The van der Waals surface area contributed by atoms with Crippen LogP contribution in [-0.4, -0.2) is 36.5 Å². The van der Waals surface area contributed by atoms with Crippen LogP contribution in [0.3, 0.4) is 0 Å². The third kappa shape index (κ3) is 2.69. The minimum Gasteiger partial charge on any atom is -0.342 e. The Morgan fingerprint density at radius 2 is 2.25 bits per heavy atom. The molecule has 2 aliphatic heterocycles. The summed E-state index contributed by atoms with van der Waals surface area (Å²) in [7, 11) is 0. The van der Waals surface area contributed by atoms with Crippen molar-refractivity contribution in [1.29, 1.82) is 0 Å². The molecular weight excluding hydrogens is 224 g/mol. The molecule has 3 unspecified atom stereocenters. The van der Waals surface area contributed by atoms with Crippen molar-refractivity contribution in [2.75, 3.05) is 19.6 Å². The van der Waals surface area contributed by atoms with E-state index in [1.54, 1.807) is 0 Å². The standard InChI is InChI=1S/C12H22N2O.ClH/c1-3-9(2)12(15)14-7-5-11-10(8-14)4-6-13-11;/h9-11,13H,3-8H2,1-2H3;1H. The number of likely N-dealkylation sites (tertiary alicyclic amines) is 1. The van der Waals surface area contributed by atoms with Gasteiger partial charge in [-0.3, -0.25) is 4.79 Å². The molecule has 0 bridgehead atoms. The summed E-state index contributed by atoms with van der Waals surface area (Å²) in [4.78, 5) is 14.1. The van der Waals surface area contributed by atoms with Crippen molar-refractivity contribution in [1.82, 2.24) is 10.2 Å². The molecule has 0 aliphatic carbocycles. The highest BCUT2D eigenvalue weighted by molar-refractivity contribution is 5.85. The Morgan fingerprint density at radius 1 is 1.50 bits per heavy atom. The Morgan fingerprint density at radius 3 is 2.94 bits per heavy atom. The summed E-state index contributed by atoms with van der Waals surface area (Å²) in [6.07, 6.45) is 3.35. The molecule has 0 aromatic rings. The predicted octanol–water partition coefficient (Wildman–Crippen LogP) is 1.66. The molecule has 1 N–H and O–H groups in total. The lowest BCUT2D eigenvalue weighted by atomic mass is 9.92. The fourth-order valence-corrected chi connectivity index (χ4v) is 2.73. The average molecular weight is 247 g/mol. The van der Waals surface area contributed by atoms with Crippen molar-refractivity contribution in [3.63, 3.8) is 0 Å². The molecule has 2 heterocycles. The first kappa shape index (κ1) is 13.8. The summed E-state index contributed by atoms with van der Waals surface area (Å²) in [6, 6.07) is 0.686. The zero-order chi connectivity index (χ0) is 10.8. The van der Waals surface area contributed by atoms with Gasteiger partial charge in [0.15, 0.2) is 0 Å². The number of carbonyl (C=O) groups excluding carboxylic acids is 1. The number of halogens is 1. The van der Waals surface area contributed by atoms with Crippen molar-refractivity contribution >= 4 is 18.3 Å². The highest BCUT2D eigenvalue weighted by Crippen LogP contribution is 2.25. The molecule has 0 aromatic carbocycles. The smallest absolute Gasteiger partial charge is 0.225 e. The second-order valence-corrected chi connectivity index (χ2v) is 4.99. The zero-order valence-electron chi connectivity index (χ0n) is 10.2. The van der Waals surface area contributed by atoms with Crippen molar-refractivity contribution in [3.8, 4) is 0 Å². The highest BCUT2D eigenvalue weighted by Gasteiger charge is 2.34. The van der Waals surface area contributed by atoms with Gasteiger partial charge >= 0.3 is 0 Å². The Hall–Kier alpha value is -0.280. The average Bonchev–Trinajstić information content (AvgIpc) is 2.73. The lowest BCUT2D eigenvalue weighted by molar-refractivity contribution is -0.137. The summed E-state index contributed by atoms with van der Waals surface area (Å²) >= 11 is 0. The van der Waals surface area contributed by atoms with E-state index in [9.17, 15) is 4.79 Å². The molecule has 3 atom stereocenters. The highest BCUT2D eigenvalue weighted by atomic mass is 35.5. The molecule has 0 aromatic heterocycles. The van der Waals surface area contributed by atoms with E-state index in [2.05, 4.69) is 17.1 Å². The van der Waals surface area contributed by atoms with Crippen molar-refractivity contribution in [3.05, 3.63) is 0 Å². The van der Waals surface area contributed by atoms with E-state index >= 15 is 0 Å². The van der Waals surface area contributed by atoms with E-state index in [-0.39, 0.29) is 18.3 Å². The van der Waals surface area contributed by atoms with Gasteiger partial charge < -0.3 is 10.2 Å². The molecule has 4 heteroatoms. The summed E-state index contributed by atoms with van der Waals surface area (Å²) in [5.41, 5.74) is 0. The third-order valence-corrected chi connectivity index (χ3v) is 4.00.